The highest BCUT2D eigenvalue weighted by Gasteiger charge is 2.31. The number of nitrogens with one attached hydrogen (secondary N) is 2. The van der Waals surface area contributed by atoms with Crippen molar-refractivity contribution in [2.24, 2.45) is 0 Å². The standard InChI is InChI=1S/C14H12N4O/c19-14-11-9-7(5-15-11)1-3-18-4-2-8-10(13(9)18)12(14)17-6-16-8/h1,3,5,8,16-17H,2,4,6H2. The highest BCUT2D eigenvalue weighted by Crippen LogP contribution is 2.39. The summed E-state index contributed by atoms with van der Waals surface area (Å²) in [5, 5.41) is 8.74. The maximum atomic E-state index is 12.6. The number of hydrogen-bond acceptors (Lipinski definition) is 4. The monoisotopic (exact) mass is 252 g/mol. The van der Waals surface area contributed by atoms with Gasteiger partial charge in [0.05, 0.1) is 17.9 Å². The van der Waals surface area contributed by atoms with Crippen LogP contribution in [0.25, 0.3) is 21.8 Å². The first kappa shape index (κ1) is 9.75. The van der Waals surface area contributed by atoms with Gasteiger partial charge in [-0.15, -0.1) is 0 Å². The van der Waals surface area contributed by atoms with Gasteiger partial charge in [0.25, 0.3) is 0 Å². The van der Waals surface area contributed by atoms with Crippen LogP contribution in [-0.4, -0.2) is 16.2 Å². The van der Waals surface area contributed by atoms with Crippen molar-refractivity contribution in [3.63, 3.8) is 0 Å². The molecular formula is C14H12N4O. The van der Waals surface area contributed by atoms with Crippen LogP contribution >= 0.6 is 0 Å². The van der Waals surface area contributed by atoms with Gasteiger partial charge in [0.15, 0.2) is 0 Å². The van der Waals surface area contributed by atoms with Gasteiger partial charge in [0.1, 0.15) is 5.52 Å². The molecule has 0 aliphatic carbocycles. The van der Waals surface area contributed by atoms with E-state index in [1.807, 2.05) is 0 Å². The zero-order valence-electron chi connectivity index (χ0n) is 10.2. The van der Waals surface area contributed by atoms with Gasteiger partial charge >= 0.3 is 0 Å². The molecule has 0 fully saturated rings. The summed E-state index contributed by atoms with van der Waals surface area (Å²) in [4.78, 5) is 16.9. The van der Waals surface area contributed by atoms with Gasteiger partial charge in [0.2, 0.25) is 5.43 Å². The van der Waals surface area contributed by atoms with E-state index in [4.69, 9.17) is 0 Å². The summed E-state index contributed by atoms with van der Waals surface area (Å²) in [6, 6.07) is 2.34. The van der Waals surface area contributed by atoms with E-state index in [1.165, 1.54) is 5.52 Å². The van der Waals surface area contributed by atoms with Crippen LogP contribution < -0.4 is 16.1 Å². The molecule has 0 radical (unpaired) electrons. The third-order valence-electron chi connectivity index (χ3n) is 4.40. The Morgan fingerprint density at radius 2 is 2.37 bits per heavy atom. The number of aryl methyl sites for hydroxylation is 1. The lowest BCUT2D eigenvalue weighted by atomic mass is 9.92. The second-order valence-electron chi connectivity index (χ2n) is 5.31. The van der Waals surface area contributed by atoms with Gasteiger partial charge in [-0.1, -0.05) is 0 Å². The molecule has 19 heavy (non-hydrogen) atoms. The maximum absolute atomic E-state index is 12.6. The van der Waals surface area contributed by atoms with Crippen LogP contribution in [0.3, 0.4) is 0 Å². The van der Waals surface area contributed by atoms with E-state index < -0.39 is 0 Å². The van der Waals surface area contributed by atoms with Crippen LogP contribution in [0.5, 0.6) is 0 Å². The second-order valence-corrected chi connectivity index (χ2v) is 5.31. The summed E-state index contributed by atoms with van der Waals surface area (Å²) in [6.45, 7) is 1.64. The van der Waals surface area contributed by atoms with Gasteiger partial charge in [-0.2, -0.15) is 0 Å². The Balaban J connectivity index is 2.15. The third-order valence-corrected chi connectivity index (χ3v) is 4.40. The number of aromatic nitrogens is 2. The lowest BCUT2D eigenvalue weighted by Crippen LogP contribution is -2.38. The summed E-state index contributed by atoms with van der Waals surface area (Å²) in [5.74, 6) is 0. The van der Waals surface area contributed by atoms with Gasteiger partial charge in [-0.05, 0) is 12.5 Å². The average molecular weight is 252 g/mol. The summed E-state index contributed by atoms with van der Waals surface area (Å²) >= 11 is 0. The van der Waals surface area contributed by atoms with Gasteiger partial charge in [-0.25, -0.2) is 0 Å². The summed E-state index contributed by atoms with van der Waals surface area (Å²) in [7, 11) is 0. The highest BCUT2D eigenvalue weighted by atomic mass is 16.1. The first-order valence-electron chi connectivity index (χ1n) is 6.59. The molecule has 3 aromatic rings. The maximum Gasteiger partial charge on any atom is 0.228 e. The number of rotatable bonds is 0. The molecule has 0 bridgehead atoms. The van der Waals surface area contributed by atoms with Crippen LogP contribution in [0.1, 0.15) is 18.0 Å². The quantitative estimate of drug-likeness (QED) is 0.635. The Morgan fingerprint density at radius 1 is 1.42 bits per heavy atom. The Labute approximate surface area is 108 Å². The minimum absolute atomic E-state index is 0.0450. The van der Waals surface area contributed by atoms with Crippen molar-refractivity contribution in [1.29, 1.82) is 0 Å². The van der Waals surface area contributed by atoms with Crippen LogP contribution in [0.4, 0.5) is 5.69 Å². The van der Waals surface area contributed by atoms with E-state index in [-0.39, 0.29) is 11.5 Å². The summed E-state index contributed by atoms with van der Waals surface area (Å²) in [6.07, 6.45) is 4.94. The minimum atomic E-state index is 0.0450. The largest absolute Gasteiger partial charge is 0.369 e. The molecule has 94 valence electrons. The molecule has 5 rings (SSSR count). The van der Waals surface area contributed by atoms with Crippen molar-refractivity contribution in [1.82, 2.24) is 14.9 Å². The van der Waals surface area contributed by atoms with E-state index in [2.05, 4.69) is 32.4 Å². The molecule has 0 spiro atoms. The highest BCUT2D eigenvalue weighted by molar-refractivity contribution is 6.11. The normalized spacial score (nSPS) is 20.9. The van der Waals surface area contributed by atoms with E-state index in [1.54, 1.807) is 6.20 Å². The predicted octanol–water partition coefficient (Wildman–Crippen LogP) is 1.40. The van der Waals surface area contributed by atoms with Crippen molar-refractivity contribution < 1.29 is 0 Å². The molecule has 2 aliphatic rings. The van der Waals surface area contributed by atoms with Crippen molar-refractivity contribution in [3.8, 4) is 0 Å². The smallest absolute Gasteiger partial charge is 0.228 e. The number of pyridine rings is 1. The Hall–Kier alpha value is -2.14. The van der Waals surface area contributed by atoms with E-state index >= 15 is 0 Å². The van der Waals surface area contributed by atoms with E-state index in [0.29, 0.717) is 12.2 Å². The predicted molar refractivity (Wildman–Crippen MR) is 73.7 cm³/mol. The fraction of sp³-hybridized carbons (Fsp3) is 0.286. The number of benzene rings is 1. The Morgan fingerprint density at radius 3 is 3.32 bits per heavy atom. The lowest BCUT2D eigenvalue weighted by molar-refractivity contribution is 0.452. The molecule has 0 saturated carbocycles. The van der Waals surface area contributed by atoms with Crippen LogP contribution in [0, 0.1) is 0 Å². The van der Waals surface area contributed by atoms with Gasteiger partial charge < -0.3 is 9.88 Å². The molecular weight excluding hydrogens is 240 g/mol. The Kier molecular flexibility index (Phi) is 1.57. The molecule has 0 saturated heterocycles. The van der Waals surface area contributed by atoms with Crippen molar-refractivity contribution in [2.75, 3.05) is 12.0 Å². The molecule has 1 unspecified atom stereocenters. The van der Waals surface area contributed by atoms with Gasteiger partial charge in [0, 0.05) is 41.3 Å². The number of nitrogens with zero attached hydrogens (tertiary/aromatic N) is 2. The zero-order chi connectivity index (χ0) is 12.6. The fourth-order valence-corrected chi connectivity index (χ4v) is 3.56. The first-order valence-corrected chi connectivity index (χ1v) is 6.59. The second kappa shape index (κ2) is 3.05. The van der Waals surface area contributed by atoms with E-state index in [0.717, 1.165) is 35.0 Å². The number of hydrogen-bond donors (Lipinski definition) is 2. The third kappa shape index (κ3) is 1.01. The van der Waals surface area contributed by atoms with Crippen molar-refractivity contribution in [2.45, 2.75) is 19.0 Å². The molecule has 0 amide bonds. The molecule has 5 nitrogen and oxygen atoms in total. The Bertz CT molecular complexity index is 882. The molecule has 2 aliphatic heterocycles. The first-order chi connectivity index (χ1) is 9.34. The molecule has 5 heteroatoms. The van der Waals surface area contributed by atoms with Crippen molar-refractivity contribution >= 4 is 27.5 Å². The lowest BCUT2D eigenvalue weighted by Gasteiger charge is -2.33. The number of anilines is 1. The summed E-state index contributed by atoms with van der Waals surface area (Å²) < 4.78 is 2.25. The van der Waals surface area contributed by atoms with Crippen LogP contribution in [0.15, 0.2) is 23.3 Å². The minimum Gasteiger partial charge on any atom is -0.369 e. The van der Waals surface area contributed by atoms with Gasteiger partial charge in [-0.3, -0.25) is 15.1 Å². The molecule has 1 atom stereocenters. The average Bonchev–Trinajstić information content (AvgIpc) is 2.89. The fourth-order valence-electron chi connectivity index (χ4n) is 3.56. The topological polar surface area (TPSA) is 59.0 Å². The van der Waals surface area contributed by atoms with E-state index in [9.17, 15) is 4.79 Å². The molecule has 4 heterocycles. The molecule has 1 aromatic carbocycles. The summed E-state index contributed by atoms with van der Waals surface area (Å²) in [5.41, 5.74) is 3.71. The van der Waals surface area contributed by atoms with Crippen molar-refractivity contribution in [3.05, 3.63) is 34.2 Å². The molecule has 2 aromatic heterocycles. The zero-order valence-corrected chi connectivity index (χ0v) is 10.2. The van der Waals surface area contributed by atoms with Crippen LogP contribution in [-0.2, 0) is 6.54 Å². The molecule has 2 N–H and O–H groups in total. The van der Waals surface area contributed by atoms with Crippen LogP contribution in [0.2, 0.25) is 0 Å². The SMILES string of the molecule is O=c1c2c3c4c5c(ccn4CCC3NCN2)cnc15.